The van der Waals surface area contributed by atoms with Crippen LogP contribution in [0.1, 0.15) is 21.6 Å². The number of aromatic nitrogens is 3. The average molecular weight is 350 g/mol. The number of H-pyrrole nitrogens is 2. The number of rotatable bonds is 6. The van der Waals surface area contributed by atoms with Crippen LogP contribution in [-0.2, 0) is 13.0 Å². The number of nitrogens with zero attached hydrogens (tertiary/aromatic N) is 2. The molecule has 0 saturated carbocycles. The van der Waals surface area contributed by atoms with Crippen LogP contribution in [0.3, 0.4) is 0 Å². The van der Waals surface area contributed by atoms with E-state index in [2.05, 4.69) is 15.0 Å². The Morgan fingerprint density at radius 1 is 0.962 bits per heavy atom. The van der Waals surface area contributed by atoms with Crippen molar-refractivity contribution in [2.45, 2.75) is 13.0 Å². The quantitative estimate of drug-likeness (QED) is 0.701. The van der Waals surface area contributed by atoms with Crippen molar-refractivity contribution in [3.63, 3.8) is 0 Å². The van der Waals surface area contributed by atoms with Crippen molar-refractivity contribution in [2.75, 3.05) is 6.54 Å². The van der Waals surface area contributed by atoms with Gasteiger partial charge >= 0.3 is 5.69 Å². The van der Waals surface area contributed by atoms with Crippen LogP contribution < -0.4 is 11.2 Å². The number of carbonyl (C=O) groups is 1. The first-order chi connectivity index (χ1) is 12.6. The summed E-state index contributed by atoms with van der Waals surface area (Å²) < 4.78 is 0. The van der Waals surface area contributed by atoms with Crippen molar-refractivity contribution in [1.29, 1.82) is 0 Å². The molecule has 7 heteroatoms. The zero-order valence-corrected chi connectivity index (χ0v) is 14.0. The molecular weight excluding hydrogens is 332 g/mol. The third-order valence-electron chi connectivity index (χ3n) is 3.91. The Morgan fingerprint density at radius 2 is 1.69 bits per heavy atom. The Balaban J connectivity index is 1.84. The highest BCUT2D eigenvalue weighted by Gasteiger charge is 2.18. The van der Waals surface area contributed by atoms with Crippen molar-refractivity contribution in [3.05, 3.63) is 98.6 Å². The minimum atomic E-state index is -0.701. The molecule has 2 heterocycles. The summed E-state index contributed by atoms with van der Waals surface area (Å²) in [7, 11) is 0. The van der Waals surface area contributed by atoms with Gasteiger partial charge in [0.15, 0.2) is 0 Å². The maximum Gasteiger partial charge on any atom is 0.326 e. The van der Waals surface area contributed by atoms with E-state index in [4.69, 9.17) is 0 Å². The van der Waals surface area contributed by atoms with Gasteiger partial charge < -0.3 is 9.88 Å². The van der Waals surface area contributed by atoms with Gasteiger partial charge in [0.1, 0.15) is 5.69 Å². The van der Waals surface area contributed by atoms with E-state index < -0.39 is 17.2 Å². The van der Waals surface area contributed by atoms with Crippen molar-refractivity contribution >= 4 is 5.91 Å². The molecular formula is C19H18N4O3. The molecule has 0 fully saturated rings. The standard InChI is InChI=1S/C19H18N4O3/c24-17-12-16(21-19(26)22-17)18(25)23(13-15-6-9-20-10-7-15)11-8-14-4-2-1-3-5-14/h1-7,9-10,12H,8,11,13H2,(H2,21,22,24,26). The monoisotopic (exact) mass is 350 g/mol. The second-order valence-electron chi connectivity index (χ2n) is 5.82. The van der Waals surface area contributed by atoms with E-state index in [1.54, 1.807) is 17.3 Å². The Labute approximate surface area is 149 Å². The summed E-state index contributed by atoms with van der Waals surface area (Å²) in [6.45, 7) is 0.795. The van der Waals surface area contributed by atoms with E-state index in [9.17, 15) is 14.4 Å². The summed E-state index contributed by atoms with van der Waals surface area (Å²) in [6.07, 6.45) is 3.97. The zero-order chi connectivity index (χ0) is 18.4. The summed E-state index contributed by atoms with van der Waals surface area (Å²) >= 11 is 0. The molecule has 0 aliphatic heterocycles. The van der Waals surface area contributed by atoms with Crippen LogP contribution >= 0.6 is 0 Å². The minimum Gasteiger partial charge on any atom is -0.333 e. The van der Waals surface area contributed by atoms with Gasteiger partial charge in [-0.3, -0.25) is 19.6 Å². The highest BCUT2D eigenvalue weighted by atomic mass is 16.2. The molecule has 0 bridgehead atoms. The van der Waals surface area contributed by atoms with Gasteiger partial charge in [0.05, 0.1) is 0 Å². The Bertz CT molecular complexity index is 952. The highest BCUT2D eigenvalue weighted by Crippen LogP contribution is 2.09. The number of amides is 1. The fraction of sp³-hybridized carbons (Fsp3) is 0.158. The molecule has 2 N–H and O–H groups in total. The number of aromatic amines is 2. The molecule has 2 aromatic heterocycles. The highest BCUT2D eigenvalue weighted by molar-refractivity contribution is 5.92. The van der Waals surface area contributed by atoms with Gasteiger partial charge in [0, 0.05) is 31.5 Å². The van der Waals surface area contributed by atoms with E-state index in [1.807, 2.05) is 42.5 Å². The predicted octanol–water partition coefficient (Wildman–Crippen LogP) is 1.34. The van der Waals surface area contributed by atoms with E-state index in [0.717, 1.165) is 17.2 Å². The van der Waals surface area contributed by atoms with E-state index >= 15 is 0 Å². The van der Waals surface area contributed by atoms with Crippen LogP contribution in [0.4, 0.5) is 0 Å². The van der Waals surface area contributed by atoms with Gasteiger partial charge in [-0.25, -0.2) is 4.79 Å². The number of nitrogens with one attached hydrogen (secondary N) is 2. The Morgan fingerprint density at radius 3 is 2.38 bits per heavy atom. The molecule has 0 aliphatic carbocycles. The number of pyridine rings is 1. The van der Waals surface area contributed by atoms with Crippen molar-refractivity contribution in [2.24, 2.45) is 0 Å². The lowest BCUT2D eigenvalue weighted by Gasteiger charge is -2.22. The first kappa shape index (κ1) is 17.3. The van der Waals surface area contributed by atoms with E-state index in [1.165, 1.54) is 0 Å². The fourth-order valence-corrected chi connectivity index (χ4v) is 2.62. The molecule has 0 unspecified atom stereocenters. The fourth-order valence-electron chi connectivity index (χ4n) is 2.62. The second-order valence-corrected chi connectivity index (χ2v) is 5.82. The van der Waals surface area contributed by atoms with Crippen LogP contribution in [0.25, 0.3) is 0 Å². The first-order valence-electron chi connectivity index (χ1n) is 8.17. The third kappa shape index (κ3) is 4.54. The Hall–Kier alpha value is -3.48. The zero-order valence-electron chi connectivity index (χ0n) is 14.0. The van der Waals surface area contributed by atoms with E-state index in [0.29, 0.717) is 19.5 Å². The summed E-state index contributed by atoms with van der Waals surface area (Å²) in [4.78, 5) is 45.9. The van der Waals surface area contributed by atoms with Crippen LogP contribution in [0.5, 0.6) is 0 Å². The summed E-state index contributed by atoms with van der Waals surface area (Å²) in [5.41, 5.74) is 0.672. The Kier molecular flexibility index (Phi) is 5.38. The molecule has 132 valence electrons. The molecule has 3 aromatic rings. The second kappa shape index (κ2) is 8.06. The van der Waals surface area contributed by atoms with Gasteiger partial charge in [-0.05, 0) is 29.7 Å². The van der Waals surface area contributed by atoms with Crippen LogP contribution in [-0.4, -0.2) is 32.3 Å². The lowest BCUT2D eigenvalue weighted by molar-refractivity contribution is 0.0738. The normalized spacial score (nSPS) is 10.5. The first-order valence-corrected chi connectivity index (χ1v) is 8.17. The van der Waals surface area contributed by atoms with Crippen molar-refractivity contribution in [1.82, 2.24) is 19.9 Å². The lowest BCUT2D eigenvalue weighted by Crippen LogP contribution is -2.36. The molecule has 1 aromatic carbocycles. The molecule has 26 heavy (non-hydrogen) atoms. The van der Waals surface area contributed by atoms with Gasteiger partial charge in [-0.2, -0.15) is 0 Å². The van der Waals surface area contributed by atoms with Crippen LogP contribution in [0.15, 0.2) is 70.5 Å². The average Bonchev–Trinajstić information content (AvgIpc) is 2.65. The summed E-state index contributed by atoms with van der Waals surface area (Å²) in [5.74, 6) is -0.402. The maximum absolute atomic E-state index is 12.9. The van der Waals surface area contributed by atoms with Crippen LogP contribution in [0.2, 0.25) is 0 Å². The summed E-state index contributed by atoms with van der Waals surface area (Å²) in [5, 5.41) is 0. The molecule has 0 spiro atoms. The molecule has 1 amide bonds. The predicted molar refractivity (Wildman–Crippen MR) is 96.8 cm³/mol. The topological polar surface area (TPSA) is 98.9 Å². The summed E-state index contributed by atoms with van der Waals surface area (Å²) in [6, 6.07) is 14.5. The largest absolute Gasteiger partial charge is 0.333 e. The number of hydrogen-bond acceptors (Lipinski definition) is 4. The van der Waals surface area contributed by atoms with Crippen molar-refractivity contribution in [3.8, 4) is 0 Å². The van der Waals surface area contributed by atoms with E-state index in [-0.39, 0.29) is 5.69 Å². The molecule has 0 atom stereocenters. The van der Waals surface area contributed by atoms with Crippen molar-refractivity contribution < 1.29 is 4.79 Å². The third-order valence-corrected chi connectivity index (χ3v) is 3.91. The minimum absolute atomic E-state index is 0.0270. The van der Waals surface area contributed by atoms with Gasteiger partial charge in [0.2, 0.25) is 0 Å². The van der Waals surface area contributed by atoms with Gasteiger partial charge in [-0.1, -0.05) is 30.3 Å². The lowest BCUT2D eigenvalue weighted by atomic mass is 10.1. The van der Waals surface area contributed by atoms with Gasteiger partial charge in [0.25, 0.3) is 11.5 Å². The smallest absolute Gasteiger partial charge is 0.326 e. The maximum atomic E-state index is 12.9. The molecule has 7 nitrogen and oxygen atoms in total. The molecule has 0 radical (unpaired) electrons. The molecule has 3 rings (SSSR count). The SMILES string of the molecule is O=C(c1cc(=O)[nH]c(=O)[nH]1)N(CCc1ccccc1)Cc1ccncc1. The van der Waals surface area contributed by atoms with Crippen LogP contribution in [0, 0.1) is 0 Å². The number of hydrogen-bond donors (Lipinski definition) is 2. The molecule has 0 saturated heterocycles. The molecule has 0 aliphatic rings. The van der Waals surface area contributed by atoms with Gasteiger partial charge in [-0.15, -0.1) is 0 Å². The number of benzene rings is 1. The number of carbonyl (C=O) groups excluding carboxylic acids is 1.